The topological polar surface area (TPSA) is 75.2 Å². The first-order valence-corrected chi connectivity index (χ1v) is 13.2. The van der Waals surface area contributed by atoms with Crippen molar-refractivity contribution in [3.05, 3.63) is 75.9 Å². The maximum Gasteiger partial charge on any atom is 0.266 e. The fourth-order valence-corrected chi connectivity index (χ4v) is 6.04. The van der Waals surface area contributed by atoms with E-state index < -0.39 is 0 Å². The predicted molar refractivity (Wildman–Crippen MR) is 140 cm³/mol. The molecule has 0 aliphatic carbocycles. The normalized spacial score (nSPS) is 14.8. The van der Waals surface area contributed by atoms with Gasteiger partial charge in [0.1, 0.15) is 10.1 Å². The smallest absolute Gasteiger partial charge is 0.266 e. The van der Waals surface area contributed by atoms with Gasteiger partial charge in [-0.2, -0.15) is 0 Å². The van der Waals surface area contributed by atoms with Crippen LogP contribution in [0.2, 0.25) is 0 Å². The van der Waals surface area contributed by atoms with E-state index in [1.54, 1.807) is 24.3 Å². The molecule has 2 aromatic carbocycles. The van der Waals surface area contributed by atoms with Crippen LogP contribution in [0.1, 0.15) is 23.1 Å². The SMILES string of the molecule is Cc1ccc(/C=C2\SC(=S)N(CCC(=O)Nc3nnc(SCc4ccccc4F)s3)C2=O)cc1. The summed E-state index contributed by atoms with van der Waals surface area (Å²) >= 11 is 9.13. The van der Waals surface area contributed by atoms with E-state index in [2.05, 4.69) is 15.5 Å². The van der Waals surface area contributed by atoms with E-state index in [4.69, 9.17) is 12.2 Å². The highest BCUT2D eigenvalue weighted by atomic mass is 32.2. The molecule has 0 unspecified atom stereocenters. The molecule has 0 bridgehead atoms. The van der Waals surface area contributed by atoms with Crippen LogP contribution in [0, 0.1) is 12.7 Å². The summed E-state index contributed by atoms with van der Waals surface area (Å²) in [4.78, 5) is 27.1. The molecular formula is C23H19FN4O2S4. The number of hydrogen-bond donors (Lipinski definition) is 1. The monoisotopic (exact) mass is 530 g/mol. The van der Waals surface area contributed by atoms with E-state index in [1.807, 2.05) is 31.2 Å². The Bertz CT molecular complexity index is 1260. The Kier molecular flexibility index (Phi) is 8.09. The largest absolute Gasteiger partial charge is 0.300 e. The van der Waals surface area contributed by atoms with Crippen LogP contribution in [0.4, 0.5) is 9.52 Å². The second-order valence-electron chi connectivity index (χ2n) is 7.30. The molecule has 11 heteroatoms. The molecule has 0 atom stereocenters. The van der Waals surface area contributed by atoms with Crippen LogP contribution in [-0.2, 0) is 15.3 Å². The van der Waals surface area contributed by atoms with Gasteiger partial charge in [-0.15, -0.1) is 10.2 Å². The number of carbonyl (C=O) groups excluding carboxylic acids is 2. The molecule has 0 saturated carbocycles. The van der Waals surface area contributed by atoms with Crippen LogP contribution in [0.15, 0.2) is 57.8 Å². The Morgan fingerprint density at radius 1 is 1.21 bits per heavy atom. The van der Waals surface area contributed by atoms with Crippen molar-refractivity contribution in [1.82, 2.24) is 15.1 Å². The predicted octanol–water partition coefficient (Wildman–Crippen LogP) is 5.51. The highest BCUT2D eigenvalue weighted by Crippen LogP contribution is 2.33. The van der Waals surface area contributed by atoms with Gasteiger partial charge in [0.2, 0.25) is 11.0 Å². The molecule has 1 aliphatic heterocycles. The third kappa shape index (κ3) is 6.29. The molecule has 174 valence electrons. The minimum absolute atomic E-state index is 0.0710. The summed E-state index contributed by atoms with van der Waals surface area (Å²) in [6.07, 6.45) is 1.88. The second-order valence-corrected chi connectivity index (χ2v) is 11.2. The first-order valence-electron chi connectivity index (χ1n) is 10.2. The third-order valence-corrected chi connectivity index (χ3v) is 8.17. The van der Waals surface area contributed by atoms with Crippen molar-refractivity contribution >= 4 is 74.4 Å². The van der Waals surface area contributed by atoms with Gasteiger partial charge in [-0.3, -0.25) is 14.5 Å². The van der Waals surface area contributed by atoms with E-state index in [0.717, 1.165) is 11.1 Å². The number of rotatable bonds is 8. The zero-order valence-electron chi connectivity index (χ0n) is 18.0. The van der Waals surface area contributed by atoms with E-state index in [0.29, 0.717) is 30.0 Å². The van der Waals surface area contributed by atoms with Gasteiger partial charge in [-0.1, -0.05) is 95.1 Å². The molecule has 4 rings (SSSR count). The molecular weight excluding hydrogens is 512 g/mol. The molecule has 0 radical (unpaired) electrons. The Hall–Kier alpha value is -2.60. The Balaban J connectivity index is 1.28. The number of thiocarbonyl (C=S) groups is 1. The minimum Gasteiger partial charge on any atom is -0.300 e. The molecule has 3 aromatic rings. The molecule has 1 N–H and O–H groups in total. The van der Waals surface area contributed by atoms with Crippen LogP contribution < -0.4 is 5.32 Å². The van der Waals surface area contributed by atoms with Crippen molar-refractivity contribution in [1.29, 1.82) is 0 Å². The molecule has 1 aromatic heterocycles. The Morgan fingerprint density at radius 3 is 2.74 bits per heavy atom. The zero-order valence-corrected chi connectivity index (χ0v) is 21.3. The maximum absolute atomic E-state index is 13.7. The molecule has 2 amide bonds. The van der Waals surface area contributed by atoms with Crippen molar-refractivity contribution < 1.29 is 14.0 Å². The number of anilines is 1. The van der Waals surface area contributed by atoms with Gasteiger partial charge < -0.3 is 5.32 Å². The number of hydrogen-bond acceptors (Lipinski definition) is 8. The van der Waals surface area contributed by atoms with Crippen molar-refractivity contribution in [2.75, 3.05) is 11.9 Å². The van der Waals surface area contributed by atoms with Crippen LogP contribution in [0.3, 0.4) is 0 Å². The van der Waals surface area contributed by atoms with Crippen LogP contribution >= 0.6 is 47.1 Å². The lowest BCUT2D eigenvalue weighted by Gasteiger charge is -2.13. The zero-order chi connectivity index (χ0) is 24.1. The van der Waals surface area contributed by atoms with Crippen LogP contribution in [-0.4, -0.2) is 37.8 Å². The van der Waals surface area contributed by atoms with E-state index in [-0.39, 0.29) is 30.6 Å². The van der Waals surface area contributed by atoms with Gasteiger partial charge in [-0.25, -0.2) is 4.39 Å². The summed E-state index contributed by atoms with van der Waals surface area (Å²) in [6, 6.07) is 14.4. The van der Waals surface area contributed by atoms with Crippen molar-refractivity contribution in [2.24, 2.45) is 0 Å². The number of benzene rings is 2. The molecule has 2 heterocycles. The minimum atomic E-state index is -0.293. The summed E-state index contributed by atoms with van der Waals surface area (Å²) < 4.78 is 14.8. The number of nitrogens with zero attached hydrogens (tertiary/aromatic N) is 3. The van der Waals surface area contributed by atoms with Crippen molar-refractivity contribution in [3.8, 4) is 0 Å². The highest BCUT2D eigenvalue weighted by molar-refractivity contribution is 8.26. The van der Waals surface area contributed by atoms with Crippen molar-refractivity contribution in [2.45, 2.75) is 23.4 Å². The summed E-state index contributed by atoms with van der Waals surface area (Å²) in [5.74, 6) is -0.346. The van der Waals surface area contributed by atoms with E-state index in [9.17, 15) is 14.0 Å². The van der Waals surface area contributed by atoms with Gasteiger partial charge in [0.25, 0.3) is 5.91 Å². The highest BCUT2D eigenvalue weighted by Gasteiger charge is 2.32. The lowest BCUT2D eigenvalue weighted by atomic mass is 10.1. The van der Waals surface area contributed by atoms with Gasteiger partial charge in [0.15, 0.2) is 4.34 Å². The lowest BCUT2D eigenvalue weighted by molar-refractivity contribution is -0.122. The molecule has 1 saturated heterocycles. The Labute approximate surface area is 214 Å². The van der Waals surface area contributed by atoms with Crippen LogP contribution in [0.25, 0.3) is 6.08 Å². The van der Waals surface area contributed by atoms with Crippen LogP contribution in [0.5, 0.6) is 0 Å². The first kappa shape index (κ1) is 24.5. The first-order chi connectivity index (χ1) is 16.4. The summed E-state index contributed by atoms with van der Waals surface area (Å²) in [5, 5.41) is 11.0. The Morgan fingerprint density at radius 2 is 1.97 bits per heavy atom. The maximum atomic E-state index is 13.7. The number of halogens is 1. The third-order valence-electron chi connectivity index (χ3n) is 4.77. The number of amides is 2. The van der Waals surface area contributed by atoms with Gasteiger partial charge in [0.05, 0.1) is 4.91 Å². The van der Waals surface area contributed by atoms with Crippen molar-refractivity contribution in [3.63, 3.8) is 0 Å². The molecule has 1 fully saturated rings. The molecule has 1 aliphatic rings. The van der Waals surface area contributed by atoms with Gasteiger partial charge in [-0.05, 0) is 30.2 Å². The summed E-state index contributed by atoms with van der Waals surface area (Å²) in [6.45, 7) is 2.18. The lowest BCUT2D eigenvalue weighted by Crippen LogP contribution is -2.31. The van der Waals surface area contributed by atoms with E-state index >= 15 is 0 Å². The second kappa shape index (κ2) is 11.2. The van der Waals surface area contributed by atoms with Gasteiger partial charge >= 0.3 is 0 Å². The number of thioether (sulfide) groups is 2. The average molecular weight is 531 g/mol. The summed E-state index contributed by atoms with van der Waals surface area (Å²) in [5.41, 5.74) is 2.64. The molecule has 0 spiro atoms. The quantitative estimate of drug-likeness (QED) is 0.178. The van der Waals surface area contributed by atoms with E-state index in [1.165, 1.54) is 45.8 Å². The number of nitrogens with one attached hydrogen (secondary N) is 1. The number of carbonyl (C=O) groups is 2. The number of aromatic nitrogens is 2. The number of aryl methyl sites for hydroxylation is 1. The molecule has 6 nitrogen and oxygen atoms in total. The fraction of sp³-hybridized carbons (Fsp3) is 0.174. The standard InChI is InChI=1S/C23H19FN4O2S4/c1-14-6-8-15(9-7-14)12-18-20(30)28(23(31)33-18)11-10-19(29)25-21-26-27-22(34-21)32-13-16-4-2-3-5-17(16)24/h2-9,12H,10-11,13H2,1H3,(H,25,26,29)/b18-12-. The fourth-order valence-electron chi connectivity index (χ4n) is 2.98. The van der Waals surface area contributed by atoms with Gasteiger partial charge in [0, 0.05) is 18.7 Å². The average Bonchev–Trinajstić information content (AvgIpc) is 3.37. The summed E-state index contributed by atoms with van der Waals surface area (Å²) in [7, 11) is 0. The molecule has 34 heavy (non-hydrogen) atoms.